The Morgan fingerprint density at radius 2 is 1.81 bits per heavy atom. The van der Waals surface area contributed by atoms with Crippen LogP contribution in [0.2, 0.25) is 10.0 Å². The van der Waals surface area contributed by atoms with Gasteiger partial charge in [0, 0.05) is 36.2 Å². The maximum Gasteiger partial charge on any atom is 0.410 e. The van der Waals surface area contributed by atoms with Crippen molar-refractivity contribution in [3.05, 3.63) is 57.2 Å². The molecule has 2 aliphatic heterocycles. The van der Waals surface area contributed by atoms with E-state index in [1.54, 1.807) is 0 Å². The first-order valence-electron chi connectivity index (χ1n) is 10.8. The average molecular weight is 457 g/mol. The zero-order chi connectivity index (χ0) is 21.9. The fraction of sp³-hybridized carbons (Fsp3) is 0.400. The van der Waals surface area contributed by atoms with Crippen molar-refractivity contribution in [3.8, 4) is 11.1 Å². The minimum absolute atomic E-state index is 0.241. The first-order chi connectivity index (χ1) is 14.7. The zero-order valence-corrected chi connectivity index (χ0v) is 19.6. The van der Waals surface area contributed by atoms with Crippen molar-refractivity contribution in [2.45, 2.75) is 58.7 Å². The van der Waals surface area contributed by atoms with Crippen molar-refractivity contribution < 1.29 is 9.53 Å². The van der Waals surface area contributed by atoms with Gasteiger partial charge in [-0.15, -0.1) is 0 Å². The molecule has 0 fully saturated rings. The lowest BCUT2D eigenvalue weighted by Gasteiger charge is -2.31. The molecule has 1 amide bonds. The third-order valence-electron chi connectivity index (χ3n) is 6.16. The van der Waals surface area contributed by atoms with Gasteiger partial charge in [0.1, 0.15) is 5.60 Å². The lowest BCUT2D eigenvalue weighted by atomic mass is 9.95. The van der Waals surface area contributed by atoms with Gasteiger partial charge in [-0.05, 0) is 74.6 Å². The van der Waals surface area contributed by atoms with E-state index in [4.69, 9.17) is 27.9 Å². The number of fused-ring (bicyclic) bond motifs is 3. The SMILES string of the molecule is CC(C)(C)OC(=O)N1CCc2c(c3cc(-c4ccc(Cl)c(Cl)c4)cc4c3n2CCC4)C1. The van der Waals surface area contributed by atoms with Crippen LogP contribution < -0.4 is 0 Å². The van der Waals surface area contributed by atoms with E-state index in [1.807, 2.05) is 43.9 Å². The molecule has 0 N–H and O–H groups in total. The molecule has 0 radical (unpaired) electrons. The van der Waals surface area contributed by atoms with E-state index < -0.39 is 5.60 Å². The Labute approximate surface area is 192 Å². The van der Waals surface area contributed by atoms with E-state index in [0.29, 0.717) is 23.1 Å². The normalized spacial score (nSPS) is 15.8. The van der Waals surface area contributed by atoms with Crippen molar-refractivity contribution in [2.24, 2.45) is 0 Å². The summed E-state index contributed by atoms with van der Waals surface area (Å²) in [5.41, 5.74) is 6.99. The second kappa shape index (κ2) is 7.46. The molecule has 2 aliphatic rings. The highest BCUT2D eigenvalue weighted by Crippen LogP contribution is 2.40. The lowest BCUT2D eigenvalue weighted by molar-refractivity contribution is 0.0223. The van der Waals surface area contributed by atoms with Crippen LogP contribution >= 0.6 is 23.2 Å². The number of carbonyl (C=O) groups is 1. The molecule has 0 saturated carbocycles. The van der Waals surface area contributed by atoms with Crippen LogP contribution in [0.25, 0.3) is 22.0 Å². The second-order valence-electron chi connectivity index (χ2n) is 9.49. The van der Waals surface area contributed by atoms with E-state index in [1.165, 1.54) is 27.7 Å². The van der Waals surface area contributed by atoms with Gasteiger partial charge in [0.25, 0.3) is 0 Å². The number of nitrogens with zero attached hydrogens (tertiary/aromatic N) is 2. The molecule has 0 aliphatic carbocycles. The third-order valence-corrected chi connectivity index (χ3v) is 6.90. The highest BCUT2D eigenvalue weighted by atomic mass is 35.5. The van der Waals surface area contributed by atoms with Gasteiger partial charge < -0.3 is 14.2 Å². The summed E-state index contributed by atoms with van der Waals surface area (Å²) in [5, 5.41) is 2.36. The van der Waals surface area contributed by atoms with Gasteiger partial charge in [-0.2, -0.15) is 0 Å². The molecule has 1 aromatic heterocycles. The molecule has 4 nitrogen and oxygen atoms in total. The van der Waals surface area contributed by atoms with Gasteiger partial charge in [-0.1, -0.05) is 29.3 Å². The molecule has 0 saturated heterocycles. The number of hydrogen-bond donors (Lipinski definition) is 0. The molecule has 3 heterocycles. The third kappa shape index (κ3) is 3.70. The maximum atomic E-state index is 12.7. The quantitative estimate of drug-likeness (QED) is 0.400. The molecular weight excluding hydrogens is 431 g/mol. The fourth-order valence-corrected chi connectivity index (χ4v) is 5.16. The number of benzene rings is 2. The van der Waals surface area contributed by atoms with Crippen LogP contribution in [0.5, 0.6) is 0 Å². The van der Waals surface area contributed by atoms with Crippen LogP contribution in [0.4, 0.5) is 4.79 Å². The van der Waals surface area contributed by atoms with Crippen LogP contribution in [0.3, 0.4) is 0 Å². The van der Waals surface area contributed by atoms with Crippen LogP contribution in [0.15, 0.2) is 30.3 Å². The van der Waals surface area contributed by atoms with Crippen molar-refractivity contribution in [3.63, 3.8) is 0 Å². The highest BCUT2D eigenvalue weighted by molar-refractivity contribution is 6.42. The second-order valence-corrected chi connectivity index (χ2v) is 10.3. The first kappa shape index (κ1) is 20.7. The summed E-state index contributed by atoms with van der Waals surface area (Å²) in [6.45, 7) is 8.03. The van der Waals surface area contributed by atoms with Gasteiger partial charge in [-0.3, -0.25) is 0 Å². The number of aromatic nitrogens is 1. The topological polar surface area (TPSA) is 34.5 Å². The fourth-order valence-electron chi connectivity index (χ4n) is 4.86. The van der Waals surface area contributed by atoms with E-state index in [9.17, 15) is 4.79 Å². The summed E-state index contributed by atoms with van der Waals surface area (Å²) in [6, 6.07) is 10.3. The molecule has 31 heavy (non-hydrogen) atoms. The van der Waals surface area contributed by atoms with E-state index in [2.05, 4.69) is 16.7 Å². The number of carbonyl (C=O) groups excluding carboxylic acids is 1. The Morgan fingerprint density at radius 1 is 1.00 bits per heavy atom. The molecule has 0 bridgehead atoms. The number of hydrogen-bond acceptors (Lipinski definition) is 2. The highest BCUT2D eigenvalue weighted by Gasteiger charge is 2.31. The molecule has 162 valence electrons. The van der Waals surface area contributed by atoms with E-state index in [-0.39, 0.29) is 6.09 Å². The molecule has 3 aromatic rings. The minimum Gasteiger partial charge on any atom is -0.444 e. The van der Waals surface area contributed by atoms with Gasteiger partial charge in [0.15, 0.2) is 0 Å². The van der Waals surface area contributed by atoms with Crippen LogP contribution in [-0.4, -0.2) is 27.7 Å². The largest absolute Gasteiger partial charge is 0.444 e. The molecule has 0 unspecified atom stereocenters. The van der Waals surface area contributed by atoms with Crippen molar-refractivity contribution >= 4 is 40.2 Å². The summed E-state index contributed by atoms with van der Waals surface area (Å²) >= 11 is 12.4. The Kier molecular flexibility index (Phi) is 4.98. The Hall–Kier alpha value is -2.17. The smallest absolute Gasteiger partial charge is 0.410 e. The predicted molar refractivity (Wildman–Crippen MR) is 126 cm³/mol. The van der Waals surface area contributed by atoms with Gasteiger partial charge >= 0.3 is 6.09 Å². The zero-order valence-electron chi connectivity index (χ0n) is 18.1. The minimum atomic E-state index is -0.498. The molecule has 0 atom stereocenters. The van der Waals surface area contributed by atoms with Crippen LogP contribution in [0.1, 0.15) is 44.0 Å². The van der Waals surface area contributed by atoms with Crippen LogP contribution in [0, 0.1) is 0 Å². The van der Waals surface area contributed by atoms with E-state index in [0.717, 1.165) is 36.9 Å². The van der Waals surface area contributed by atoms with Crippen molar-refractivity contribution in [2.75, 3.05) is 6.54 Å². The van der Waals surface area contributed by atoms with Crippen molar-refractivity contribution in [1.29, 1.82) is 0 Å². The number of halogens is 2. The summed E-state index contributed by atoms with van der Waals surface area (Å²) in [6.07, 6.45) is 2.80. The van der Waals surface area contributed by atoms with Crippen molar-refractivity contribution in [1.82, 2.24) is 9.47 Å². The predicted octanol–water partition coefficient (Wildman–Crippen LogP) is 6.85. The Balaban J connectivity index is 1.61. The molecule has 2 aromatic carbocycles. The van der Waals surface area contributed by atoms with Gasteiger partial charge in [0.05, 0.1) is 22.1 Å². The first-order valence-corrected chi connectivity index (χ1v) is 11.6. The Bertz CT molecular complexity index is 1210. The summed E-state index contributed by atoms with van der Waals surface area (Å²) in [7, 11) is 0. The number of rotatable bonds is 1. The maximum absolute atomic E-state index is 12.7. The average Bonchev–Trinajstić information content (AvgIpc) is 3.04. The number of aryl methyl sites for hydroxylation is 2. The lowest BCUT2D eigenvalue weighted by Crippen LogP contribution is -2.40. The molecule has 5 rings (SSSR count). The molecule has 6 heteroatoms. The van der Waals surface area contributed by atoms with Crippen LogP contribution in [-0.2, 0) is 30.7 Å². The summed E-state index contributed by atoms with van der Waals surface area (Å²) in [5.74, 6) is 0. The van der Waals surface area contributed by atoms with E-state index >= 15 is 0 Å². The number of ether oxygens (including phenoxy) is 1. The number of amides is 1. The Morgan fingerprint density at radius 3 is 2.55 bits per heavy atom. The molecule has 0 spiro atoms. The monoisotopic (exact) mass is 456 g/mol. The summed E-state index contributed by atoms with van der Waals surface area (Å²) in [4.78, 5) is 14.6. The van der Waals surface area contributed by atoms with Gasteiger partial charge in [0.2, 0.25) is 0 Å². The molecular formula is C25H26Cl2N2O2. The van der Waals surface area contributed by atoms with Gasteiger partial charge in [-0.25, -0.2) is 4.79 Å². The standard InChI is InChI=1S/C25H26Cl2N2O2/c1-25(2,3)31-24(30)28-10-8-22-19(14-28)18-12-17(15-6-7-20(26)21(27)13-15)11-16-5-4-9-29(22)23(16)18/h6-7,11-13H,4-5,8-10,14H2,1-3H3. The summed E-state index contributed by atoms with van der Waals surface area (Å²) < 4.78 is 8.12.